The van der Waals surface area contributed by atoms with Gasteiger partial charge in [0, 0.05) is 20.1 Å². The van der Waals surface area contributed by atoms with Crippen molar-refractivity contribution in [3.05, 3.63) is 23.8 Å². The molecule has 2 nitrogen and oxygen atoms in total. The van der Waals surface area contributed by atoms with Gasteiger partial charge in [0.25, 0.3) is 0 Å². The highest BCUT2D eigenvalue weighted by atomic mass is 15.1. The first-order chi connectivity index (χ1) is 7.50. The summed E-state index contributed by atoms with van der Waals surface area (Å²) in [4.78, 5) is 2.35. The third kappa shape index (κ3) is 2.01. The van der Waals surface area contributed by atoms with E-state index in [1.165, 1.54) is 23.4 Å². The number of fused-ring (bicyclic) bond motifs is 1. The summed E-state index contributed by atoms with van der Waals surface area (Å²) >= 11 is 0. The van der Waals surface area contributed by atoms with Gasteiger partial charge in [-0.2, -0.15) is 0 Å². The van der Waals surface area contributed by atoms with Crippen molar-refractivity contribution >= 4 is 11.4 Å². The van der Waals surface area contributed by atoms with E-state index in [9.17, 15) is 0 Å². The number of hydrogen-bond acceptors (Lipinski definition) is 2. The van der Waals surface area contributed by atoms with E-state index in [-0.39, 0.29) is 5.41 Å². The minimum absolute atomic E-state index is 0.198. The normalized spacial score (nSPS) is 16.4. The van der Waals surface area contributed by atoms with Gasteiger partial charge in [-0.25, -0.2) is 0 Å². The van der Waals surface area contributed by atoms with Crippen molar-refractivity contribution < 1.29 is 0 Å². The zero-order chi connectivity index (χ0) is 11.8. The number of nitrogens with one attached hydrogen (secondary N) is 1. The minimum atomic E-state index is 0.198. The predicted octanol–water partition coefficient (Wildman–Crippen LogP) is 3.24. The maximum Gasteiger partial charge on any atom is 0.0615 e. The Kier molecular flexibility index (Phi) is 2.83. The summed E-state index contributed by atoms with van der Waals surface area (Å²) in [5, 5.41) is 3.59. The molecule has 0 aliphatic carbocycles. The Balaban J connectivity index is 2.53. The SMILES string of the molecule is CN1CCCNc2c1cccc2C(C)(C)C. The summed E-state index contributed by atoms with van der Waals surface area (Å²) in [6.07, 6.45) is 1.20. The van der Waals surface area contributed by atoms with Gasteiger partial charge in [0.05, 0.1) is 11.4 Å². The number of nitrogens with zero attached hydrogens (tertiary/aromatic N) is 1. The number of rotatable bonds is 0. The summed E-state index contributed by atoms with van der Waals surface area (Å²) < 4.78 is 0. The maximum atomic E-state index is 3.59. The lowest BCUT2D eigenvalue weighted by Gasteiger charge is -2.27. The molecule has 0 bridgehead atoms. The lowest BCUT2D eigenvalue weighted by Crippen LogP contribution is -2.19. The standard InChI is InChI=1S/C14H22N2/c1-14(2,3)11-7-5-8-12-13(11)15-9-6-10-16(12)4/h5,7-8,15H,6,9-10H2,1-4H3. The van der Waals surface area contributed by atoms with Crippen molar-refractivity contribution in [3.8, 4) is 0 Å². The second-order valence-electron chi connectivity index (χ2n) is 5.65. The highest BCUT2D eigenvalue weighted by molar-refractivity contribution is 5.75. The molecule has 0 saturated carbocycles. The molecule has 1 aromatic carbocycles. The lowest BCUT2D eigenvalue weighted by molar-refractivity contribution is 0.592. The molecular weight excluding hydrogens is 196 g/mol. The zero-order valence-corrected chi connectivity index (χ0v) is 10.8. The Labute approximate surface area is 98.7 Å². The molecule has 2 heteroatoms. The van der Waals surface area contributed by atoms with Gasteiger partial charge in [0.2, 0.25) is 0 Å². The molecule has 0 unspecified atom stereocenters. The molecule has 2 rings (SSSR count). The van der Waals surface area contributed by atoms with E-state index in [0.29, 0.717) is 0 Å². The number of hydrogen-bond donors (Lipinski definition) is 1. The van der Waals surface area contributed by atoms with Gasteiger partial charge < -0.3 is 10.2 Å². The molecule has 1 heterocycles. The third-order valence-corrected chi connectivity index (χ3v) is 3.23. The van der Waals surface area contributed by atoms with E-state index in [2.05, 4.69) is 56.2 Å². The minimum Gasteiger partial charge on any atom is -0.383 e. The van der Waals surface area contributed by atoms with Crippen LogP contribution in [-0.4, -0.2) is 20.1 Å². The Hall–Kier alpha value is -1.18. The van der Waals surface area contributed by atoms with Crippen LogP contribution in [0.25, 0.3) is 0 Å². The summed E-state index contributed by atoms with van der Waals surface area (Å²) in [6, 6.07) is 6.62. The van der Waals surface area contributed by atoms with E-state index in [4.69, 9.17) is 0 Å². The van der Waals surface area contributed by atoms with Crippen LogP contribution in [0, 0.1) is 0 Å². The molecular formula is C14H22N2. The molecule has 1 aliphatic heterocycles. The molecule has 0 amide bonds. The lowest BCUT2D eigenvalue weighted by atomic mass is 9.85. The molecule has 1 aromatic rings. The van der Waals surface area contributed by atoms with Crippen LogP contribution in [0.4, 0.5) is 11.4 Å². The average Bonchev–Trinajstić information content (AvgIpc) is 2.39. The van der Waals surface area contributed by atoms with Crippen molar-refractivity contribution in [1.29, 1.82) is 0 Å². The Morgan fingerprint density at radius 3 is 2.69 bits per heavy atom. The van der Waals surface area contributed by atoms with Gasteiger partial charge in [-0.1, -0.05) is 32.9 Å². The van der Waals surface area contributed by atoms with E-state index < -0.39 is 0 Å². The molecule has 0 fully saturated rings. The van der Waals surface area contributed by atoms with Crippen LogP contribution >= 0.6 is 0 Å². The average molecular weight is 218 g/mol. The zero-order valence-electron chi connectivity index (χ0n) is 10.8. The van der Waals surface area contributed by atoms with Crippen molar-refractivity contribution in [1.82, 2.24) is 0 Å². The van der Waals surface area contributed by atoms with Gasteiger partial charge in [-0.3, -0.25) is 0 Å². The summed E-state index contributed by atoms with van der Waals surface area (Å²) in [5.41, 5.74) is 4.28. The van der Waals surface area contributed by atoms with Crippen molar-refractivity contribution in [3.63, 3.8) is 0 Å². The molecule has 0 aromatic heterocycles. The summed E-state index contributed by atoms with van der Waals surface area (Å²) in [7, 11) is 2.18. The molecule has 1 aliphatic rings. The fourth-order valence-corrected chi connectivity index (χ4v) is 2.32. The summed E-state index contributed by atoms with van der Waals surface area (Å²) in [6.45, 7) is 9.03. The molecule has 88 valence electrons. The third-order valence-electron chi connectivity index (χ3n) is 3.23. The van der Waals surface area contributed by atoms with Gasteiger partial charge in [0.1, 0.15) is 0 Å². The fraction of sp³-hybridized carbons (Fsp3) is 0.571. The Bertz CT molecular complexity index is 377. The molecule has 16 heavy (non-hydrogen) atoms. The van der Waals surface area contributed by atoms with Crippen LogP contribution in [0.15, 0.2) is 18.2 Å². The van der Waals surface area contributed by atoms with E-state index in [1.807, 2.05) is 0 Å². The molecule has 0 spiro atoms. The van der Waals surface area contributed by atoms with Gasteiger partial charge in [0.15, 0.2) is 0 Å². The van der Waals surface area contributed by atoms with E-state index >= 15 is 0 Å². The van der Waals surface area contributed by atoms with Crippen molar-refractivity contribution in [2.45, 2.75) is 32.6 Å². The van der Waals surface area contributed by atoms with Gasteiger partial charge >= 0.3 is 0 Å². The number of para-hydroxylation sites is 1. The topological polar surface area (TPSA) is 15.3 Å². The second-order valence-corrected chi connectivity index (χ2v) is 5.65. The second kappa shape index (κ2) is 4.00. The Morgan fingerprint density at radius 1 is 1.25 bits per heavy atom. The highest BCUT2D eigenvalue weighted by Crippen LogP contribution is 2.37. The first-order valence-electron chi connectivity index (χ1n) is 6.08. The quantitative estimate of drug-likeness (QED) is 0.719. The smallest absolute Gasteiger partial charge is 0.0615 e. The number of benzene rings is 1. The fourth-order valence-electron chi connectivity index (χ4n) is 2.32. The largest absolute Gasteiger partial charge is 0.383 e. The predicted molar refractivity (Wildman–Crippen MR) is 71.5 cm³/mol. The van der Waals surface area contributed by atoms with Crippen molar-refractivity contribution in [2.75, 3.05) is 30.4 Å². The van der Waals surface area contributed by atoms with E-state index in [0.717, 1.165) is 13.1 Å². The maximum absolute atomic E-state index is 3.59. The Morgan fingerprint density at radius 2 is 2.00 bits per heavy atom. The van der Waals surface area contributed by atoms with Gasteiger partial charge in [-0.15, -0.1) is 0 Å². The van der Waals surface area contributed by atoms with Gasteiger partial charge in [-0.05, 0) is 23.5 Å². The van der Waals surface area contributed by atoms with Crippen LogP contribution in [0.2, 0.25) is 0 Å². The first kappa shape index (κ1) is 11.3. The molecule has 0 atom stereocenters. The summed E-state index contributed by atoms with van der Waals surface area (Å²) in [5.74, 6) is 0. The van der Waals surface area contributed by atoms with Crippen LogP contribution in [0.1, 0.15) is 32.8 Å². The molecule has 1 N–H and O–H groups in total. The van der Waals surface area contributed by atoms with Crippen molar-refractivity contribution in [2.24, 2.45) is 0 Å². The van der Waals surface area contributed by atoms with Crippen LogP contribution in [0.5, 0.6) is 0 Å². The van der Waals surface area contributed by atoms with Crippen LogP contribution in [-0.2, 0) is 5.41 Å². The number of anilines is 2. The molecule has 0 radical (unpaired) electrons. The highest BCUT2D eigenvalue weighted by Gasteiger charge is 2.22. The first-order valence-corrected chi connectivity index (χ1v) is 6.08. The van der Waals surface area contributed by atoms with Crippen LogP contribution in [0.3, 0.4) is 0 Å². The van der Waals surface area contributed by atoms with E-state index in [1.54, 1.807) is 0 Å². The van der Waals surface area contributed by atoms with Crippen LogP contribution < -0.4 is 10.2 Å². The monoisotopic (exact) mass is 218 g/mol. The molecule has 0 saturated heterocycles.